The van der Waals surface area contributed by atoms with Gasteiger partial charge in [-0.25, -0.2) is 0 Å². The maximum absolute atomic E-state index is 12.3. The van der Waals surface area contributed by atoms with E-state index in [4.69, 9.17) is 4.74 Å². The second kappa shape index (κ2) is 11.1. The SMILES string of the molecule is CCCCCCCC1(CCCCCCC)CCCOC1=O. The minimum atomic E-state index is -0.128. The lowest BCUT2D eigenvalue weighted by Gasteiger charge is -2.35. The van der Waals surface area contributed by atoms with E-state index in [1.807, 2.05) is 0 Å². The van der Waals surface area contributed by atoms with Crippen LogP contribution in [0.5, 0.6) is 0 Å². The second-order valence-electron chi connectivity index (χ2n) is 6.85. The van der Waals surface area contributed by atoms with Gasteiger partial charge >= 0.3 is 5.97 Å². The number of rotatable bonds is 12. The fourth-order valence-electron chi connectivity index (χ4n) is 3.54. The third kappa shape index (κ3) is 6.84. The monoisotopic (exact) mass is 296 g/mol. The van der Waals surface area contributed by atoms with Crippen LogP contribution < -0.4 is 0 Å². The first kappa shape index (κ1) is 18.5. The molecular formula is C19H36O2. The van der Waals surface area contributed by atoms with Gasteiger partial charge in [0.15, 0.2) is 0 Å². The molecule has 0 aromatic heterocycles. The molecule has 1 saturated heterocycles. The molecule has 0 aromatic rings. The highest BCUT2D eigenvalue weighted by Gasteiger charge is 2.40. The van der Waals surface area contributed by atoms with Crippen molar-refractivity contribution in [3.05, 3.63) is 0 Å². The Bertz CT molecular complexity index is 259. The van der Waals surface area contributed by atoms with Gasteiger partial charge in [-0.1, -0.05) is 78.1 Å². The van der Waals surface area contributed by atoms with Crippen molar-refractivity contribution in [1.82, 2.24) is 0 Å². The second-order valence-corrected chi connectivity index (χ2v) is 6.85. The van der Waals surface area contributed by atoms with Crippen molar-refractivity contribution in [2.45, 2.75) is 104 Å². The van der Waals surface area contributed by atoms with E-state index in [1.54, 1.807) is 0 Å². The molecule has 2 heteroatoms. The number of unbranched alkanes of at least 4 members (excludes halogenated alkanes) is 8. The molecule has 0 spiro atoms. The fourth-order valence-corrected chi connectivity index (χ4v) is 3.54. The first-order valence-electron chi connectivity index (χ1n) is 9.42. The number of hydrogen-bond acceptors (Lipinski definition) is 2. The normalized spacial score (nSPS) is 17.7. The number of hydrogen-bond donors (Lipinski definition) is 0. The van der Waals surface area contributed by atoms with Gasteiger partial charge in [0.05, 0.1) is 12.0 Å². The van der Waals surface area contributed by atoms with E-state index in [0.717, 1.165) is 25.7 Å². The molecule has 1 aliphatic rings. The Kier molecular flexibility index (Phi) is 9.78. The van der Waals surface area contributed by atoms with E-state index < -0.39 is 0 Å². The maximum atomic E-state index is 12.3. The smallest absolute Gasteiger partial charge is 0.312 e. The number of ether oxygens (including phenoxy) is 1. The quantitative estimate of drug-likeness (QED) is 0.324. The van der Waals surface area contributed by atoms with Gasteiger partial charge in [-0.3, -0.25) is 4.79 Å². The number of carbonyl (C=O) groups is 1. The summed E-state index contributed by atoms with van der Waals surface area (Å²) >= 11 is 0. The van der Waals surface area contributed by atoms with Crippen LogP contribution in [0.3, 0.4) is 0 Å². The Balaban J connectivity index is 2.37. The highest BCUT2D eigenvalue weighted by Crippen LogP contribution is 2.40. The number of esters is 1. The first-order valence-corrected chi connectivity index (χ1v) is 9.42. The van der Waals surface area contributed by atoms with Crippen LogP contribution >= 0.6 is 0 Å². The molecule has 0 saturated carbocycles. The summed E-state index contributed by atoms with van der Waals surface area (Å²) in [5.41, 5.74) is -0.128. The van der Waals surface area contributed by atoms with Gasteiger partial charge in [-0.15, -0.1) is 0 Å². The van der Waals surface area contributed by atoms with E-state index >= 15 is 0 Å². The lowest BCUT2D eigenvalue weighted by Crippen LogP contribution is -2.37. The Morgan fingerprint density at radius 3 is 1.86 bits per heavy atom. The van der Waals surface area contributed by atoms with Crippen molar-refractivity contribution < 1.29 is 9.53 Å². The van der Waals surface area contributed by atoms with Gasteiger partial charge in [0.2, 0.25) is 0 Å². The van der Waals surface area contributed by atoms with Gasteiger partial charge in [-0.2, -0.15) is 0 Å². The molecule has 0 aromatic carbocycles. The summed E-state index contributed by atoms with van der Waals surface area (Å²) in [5.74, 6) is 0.111. The van der Waals surface area contributed by atoms with Crippen LogP contribution in [0.2, 0.25) is 0 Å². The average molecular weight is 296 g/mol. The van der Waals surface area contributed by atoms with E-state index in [9.17, 15) is 4.79 Å². The molecule has 0 amide bonds. The molecule has 0 bridgehead atoms. The summed E-state index contributed by atoms with van der Waals surface area (Å²) in [4.78, 5) is 12.3. The lowest BCUT2D eigenvalue weighted by molar-refractivity contribution is -0.163. The molecule has 21 heavy (non-hydrogen) atoms. The van der Waals surface area contributed by atoms with Gasteiger partial charge < -0.3 is 4.74 Å². The molecule has 1 aliphatic heterocycles. The Labute approximate surface area is 132 Å². The van der Waals surface area contributed by atoms with Gasteiger partial charge in [0.1, 0.15) is 0 Å². The molecule has 1 heterocycles. The molecule has 0 radical (unpaired) electrons. The first-order chi connectivity index (χ1) is 10.2. The molecule has 0 N–H and O–H groups in total. The molecule has 124 valence electrons. The fraction of sp³-hybridized carbons (Fsp3) is 0.947. The molecule has 0 unspecified atom stereocenters. The molecule has 2 nitrogen and oxygen atoms in total. The summed E-state index contributed by atoms with van der Waals surface area (Å²) in [6.07, 6.45) is 17.1. The summed E-state index contributed by atoms with van der Waals surface area (Å²) in [7, 11) is 0. The van der Waals surface area contributed by atoms with Gasteiger partial charge in [-0.05, 0) is 25.7 Å². The van der Waals surface area contributed by atoms with Gasteiger partial charge in [0.25, 0.3) is 0 Å². The van der Waals surface area contributed by atoms with Crippen molar-refractivity contribution in [3.8, 4) is 0 Å². The van der Waals surface area contributed by atoms with Crippen LogP contribution in [-0.4, -0.2) is 12.6 Å². The van der Waals surface area contributed by atoms with Crippen LogP contribution in [0.15, 0.2) is 0 Å². The van der Waals surface area contributed by atoms with E-state index in [2.05, 4.69) is 13.8 Å². The van der Waals surface area contributed by atoms with Crippen molar-refractivity contribution >= 4 is 5.97 Å². The molecule has 0 aliphatic carbocycles. The van der Waals surface area contributed by atoms with Crippen molar-refractivity contribution in [2.75, 3.05) is 6.61 Å². The lowest BCUT2D eigenvalue weighted by atomic mass is 9.73. The molecular weight excluding hydrogens is 260 g/mol. The highest BCUT2D eigenvalue weighted by atomic mass is 16.5. The van der Waals surface area contributed by atoms with Crippen LogP contribution in [-0.2, 0) is 9.53 Å². The molecule has 0 atom stereocenters. The van der Waals surface area contributed by atoms with Crippen LogP contribution in [0.25, 0.3) is 0 Å². The highest BCUT2D eigenvalue weighted by molar-refractivity contribution is 5.77. The van der Waals surface area contributed by atoms with Crippen molar-refractivity contribution in [3.63, 3.8) is 0 Å². The van der Waals surface area contributed by atoms with Crippen LogP contribution in [0, 0.1) is 5.41 Å². The number of carbonyl (C=O) groups excluding carboxylic acids is 1. The predicted molar refractivity (Wildman–Crippen MR) is 89.4 cm³/mol. The Morgan fingerprint density at radius 2 is 1.38 bits per heavy atom. The zero-order valence-electron chi connectivity index (χ0n) is 14.4. The average Bonchev–Trinajstić information content (AvgIpc) is 2.49. The third-order valence-corrected chi connectivity index (χ3v) is 4.98. The van der Waals surface area contributed by atoms with E-state index in [0.29, 0.717) is 6.61 Å². The van der Waals surface area contributed by atoms with Crippen LogP contribution in [0.1, 0.15) is 104 Å². The molecule has 1 rings (SSSR count). The van der Waals surface area contributed by atoms with Gasteiger partial charge in [0, 0.05) is 0 Å². The molecule has 1 fully saturated rings. The largest absolute Gasteiger partial charge is 0.465 e. The Morgan fingerprint density at radius 1 is 0.857 bits per heavy atom. The summed E-state index contributed by atoms with van der Waals surface area (Å²) in [6, 6.07) is 0. The Hall–Kier alpha value is -0.530. The summed E-state index contributed by atoms with van der Waals surface area (Å²) in [6.45, 7) is 5.14. The third-order valence-electron chi connectivity index (χ3n) is 4.98. The van der Waals surface area contributed by atoms with Crippen molar-refractivity contribution in [2.24, 2.45) is 5.41 Å². The standard InChI is InChI=1S/C19H36O2/c1-3-5-7-9-11-14-19(15-12-10-8-6-4-2)16-13-17-21-18(19)20/h3-17H2,1-2H3. The van der Waals surface area contributed by atoms with Crippen LogP contribution in [0.4, 0.5) is 0 Å². The summed E-state index contributed by atoms with van der Waals surface area (Å²) < 4.78 is 5.41. The zero-order valence-corrected chi connectivity index (χ0v) is 14.4. The topological polar surface area (TPSA) is 26.3 Å². The summed E-state index contributed by atoms with van der Waals surface area (Å²) in [5, 5.41) is 0. The van der Waals surface area contributed by atoms with Crippen molar-refractivity contribution in [1.29, 1.82) is 0 Å². The number of cyclic esters (lactones) is 1. The zero-order chi connectivity index (χ0) is 15.4. The minimum absolute atomic E-state index is 0.111. The maximum Gasteiger partial charge on any atom is 0.312 e. The van der Waals surface area contributed by atoms with E-state index in [1.165, 1.54) is 64.2 Å². The predicted octanol–water partition coefficient (Wildman–Crippen LogP) is 6.03. The van der Waals surface area contributed by atoms with E-state index in [-0.39, 0.29) is 11.4 Å². The minimum Gasteiger partial charge on any atom is -0.465 e.